The van der Waals surface area contributed by atoms with Crippen LogP contribution in [-0.4, -0.2) is 35.2 Å². The van der Waals surface area contributed by atoms with Crippen LogP contribution in [0.2, 0.25) is 0 Å². The predicted octanol–water partition coefficient (Wildman–Crippen LogP) is 3.95. The van der Waals surface area contributed by atoms with Crippen LogP contribution in [0.4, 0.5) is 5.69 Å². The molecule has 6 heteroatoms. The molecule has 1 aliphatic rings. The summed E-state index contributed by atoms with van der Waals surface area (Å²) in [5.41, 5.74) is 2.61. The average molecular weight is 352 g/mol. The number of piperidine rings is 1. The highest BCUT2D eigenvalue weighted by Crippen LogP contribution is 2.21. The Bertz CT molecular complexity index is 805. The van der Waals surface area contributed by atoms with Gasteiger partial charge in [-0.05, 0) is 56.1 Å². The van der Waals surface area contributed by atoms with Gasteiger partial charge in [0.15, 0.2) is 5.76 Å². The van der Waals surface area contributed by atoms with Crippen molar-refractivity contribution in [1.82, 2.24) is 15.0 Å². The molecule has 6 nitrogen and oxygen atoms in total. The maximum absolute atomic E-state index is 5.33. The molecule has 2 aromatic heterocycles. The lowest BCUT2D eigenvalue weighted by Crippen LogP contribution is -2.29. The molecular weight excluding hydrogens is 328 g/mol. The summed E-state index contributed by atoms with van der Waals surface area (Å²) in [5.74, 6) is 1.70. The summed E-state index contributed by atoms with van der Waals surface area (Å²) < 4.78 is 10.6. The van der Waals surface area contributed by atoms with E-state index >= 15 is 0 Å². The minimum Gasteiger partial charge on any atom is -0.461 e. The van der Waals surface area contributed by atoms with E-state index in [1.165, 1.54) is 43.6 Å². The van der Waals surface area contributed by atoms with Crippen molar-refractivity contribution in [3.05, 3.63) is 54.1 Å². The van der Waals surface area contributed by atoms with E-state index in [1.807, 2.05) is 12.1 Å². The van der Waals surface area contributed by atoms with Crippen molar-refractivity contribution in [2.75, 3.05) is 25.0 Å². The number of hydrogen-bond donors (Lipinski definition) is 0. The average Bonchev–Trinajstić information content (AvgIpc) is 3.35. The normalized spacial score (nSPS) is 14.9. The molecule has 0 aliphatic carbocycles. The lowest BCUT2D eigenvalue weighted by Gasteiger charge is -2.29. The Morgan fingerprint density at radius 1 is 1.04 bits per heavy atom. The molecule has 0 atom stereocenters. The van der Waals surface area contributed by atoms with E-state index in [0.717, 1.165) is 6.54 Å². The van der Waals surface area contributed by atoms with Crippen molar-refractivity contribution in [2.24, 2.45) is 0 Å². The maximum atomic E-state index is 5.33. The summed E-state index contributed by atoms with van der Waals surface area (Å²) in [6, 6.07) is 12.5. The molecule has 0 spiro atoms. The summed E-state index contributed by atoms with van der Waals surface area (Å²) in [4.78, 5) is 9.03. The highest BCUT2D eigenvalue weighted by Gasteiger charge is 2.13. The van der Waals surface area contributed by atoms with Crippen LogP contribution in [0, 0.1) is 0 Å². The van der Waals surface area contributed by atoms with Gasteiger partial charge in [0.2, 0.25) is 11.7 Å². The Hall–Kier alpha value is -2.60. The zero-order valence-electron chi connectivity index (χ0n) is 15.1. The zero-order chi connectivity index (χ0) is 17.8. The van der Waals surface area contributed by atoms with Gasteiger partial charge in [-0.2, -0.15) is 4.98 Å². The smallest absolute Gasteiger partial charge is 0.241 e. The number of rotatable bonds is 6. The topological polar surface area (TPSA) is 58.5 Å². The molecule has 0 unspecified atom stereocenters. The van der Waals surface area contributed by atoms with E-state index in [2.05, 4.69) is 51.3 Å². The first-order valence-corrected chi connectivity index (χ1v) is 9.17. The van der Waals surface area contributed by atoms with Crippen molar-refractivity contribution < 1.29 is 8.94 Å². The van der Waals surface area contributed by atoms with Gasteiger partial charge in [-0.15, -0.1) is 0 Å². The third-order valence-electron chi connectivity index (χ3n) is 4.72. The van der Waals surface area contributed by atoms with E-state index in [9.17, 15) is 0 Å². The van der Waals surface area contributed by atoms with Gasteiger partial charge in [0.25, 0.3) is 0 Å². The Balaban J connectivity index is 1.33. The molecular formula is C20H24N4O2. The lowest BCUT2D eigenvalue weighted by atomic mass is 10.1. The second-order valence-electron chi connectivity index (χ2n) is 6.88. The van der Waals surface area contributed by atoms with E-state index < -0.39 is 0 Å². The molecule has 0 N–H and O–H groups in total. The fraction of sp³-hybridized carbons (Fsp3) is 0.400. The third kappa shape index (κ3) is 3.96. The number of anilines is 1. The molecule has 4 rings (SSSR count). The number of furan rings is 1. The first kappa shape index (κ1) is 16.8. The number of benzene rings is 1. The fourth-order valence-corrected chi connectivity index (χ4v) is 3.39. The lowest BCUT2D eigenvalue weighted by molar-refractivity contribution is 0.261. The molecule has 0 bridgehead atoms. The first-order valence-electron chi connectivity index (χ1n) is 9.17. The summed E-state index contributed by atoms with van der Waals surface area (Å²) in [5, 5.41) is 3.97. The number of hydrogen-bond acceptors (Lipinski definition) is 6. The van der Waals surface area contributed by atoms with Gasteiger partial charge in [-0.25, -0.2) is 0 Å². The molecule has 0 radical (unpaired) electrons. The zero-order valence-corrected chi connectivity index (χ0v) is 15.1. The van der Waals surface area contributed by atoms with E-state index in [-0.39, 0.29) is 0 Å². The largest absolute Gasteiger partial charge is 0.461 e. The van der Waals surface area contributed by atoms with Crippen LogP contribution in [0.25, 0.3) is 11.6 Å². The Kier molecular flexibility index (Phi) is 5.02. The fourth-order valence-electron chi connectivity index (χ4n) is 3.39. The predicted molar refractivity (Wildman–Crippen MR) is 99.7 cm³/mol. The molecule has 0 amide bonds. The minimum absolute atomic E-state index is 0.490. The van der Waals surface area contributed by atoms with Gasteiger partial charge >= 0.3 is 0 Å². The molecule has 1 aliphatic heterocycles. The van der Waals surface area contributed by atoms with Gasteiger partial charge in [0.05, 0.1) is 12.8 Å². The molecule has 3 aromatic rings. The summed E-state index contributed by atoms with van der Waals surface area (Å²) in [6.45, 7) is 3.78. The minimum atomic E-state index is 0.490. The second-order valence-corrected chi connectivity index (χ2v) is 6.88. The first-order chi connectivity index (χ1) is 12.8. The van der Waals surface area contributed by atoms with Crippen LogP contribution >= 0.6 is 0 Å². The Morgan fingerprint density at radius 2 is 1.85 bits per heavy atom. The van der Waals surface area contributed by atoms with E-state index in [4.69, 9.17) is 8.94 Å². The molecule has 1 fully saturated rings. The molecule has 1 aromatic carbocycles. The summed E-state index contributed by atoms with van der Waals surface area (Å²) in [7, 11) is 2.05. The highest BCUT2D eigenvalue weighted by molar-refractivity contribution is 5.48. The Morgan fingerprint density at radius 3 is 2.58 bits per heavy atom. The van der Waals surface area contributed by atoms with Crippen LogP contribution in [-0.2, 0) is 13.1 Å². The third-order valence-corrected chi connectivity index (χ3v) is 4.72. The molecule has 26 heavy (non-hydrogen) atoms. The van der Waals surface area contributed by atoms with E-state index in [0.29, 0.717) is 24.0 Å². The van der Waals surface area contributed by atoms with Crippen molar-refractivity contribution in [3.8, 4) is 11.6 Å². The maximum Gasteiger partial charge on any atom is 0.241 e. The van der Waals surface area contributed by atoms with E-state index in [1.54, 1.807) is 6.26 Å². The Labute approximate surface area is 153 Å². The molecule has 0 saturated carbocycles. The summed E-state index contributed by atoms with van der Waals surface area (Å²) in [6.07, 6.45) is 5.56. The number of aromatic nitrogens is 2. The number of nitrogens with zero attached hydrogens (tertiary/aromatic N) is 4. The van der Waals surface area contributed by atoms with Gasteiger partial charge in [0.1, 0.15) is 0 Å². The van der Waals surface area contributed by atoms with Crippen LogP contribution < -0.4 is 4.90 Å². The second kappa shape index (κ2) is 7.74. The quantitative estimate of drug-likeness (QED) is 0.669. The molecule has 1 saturated heterocycles. The van der Waals surface area contributed by atoms with Crippen molar-refractivity contribution in [1.29, 1.82) is 0 Å². The highest BCUT2D eigenvalue weighted by atomic mass is 16.5. The standard InChI is InChI=1S/C20H24N4O2/c1-23(15-19-21-20(22-26-19)18-6-5-13-25-18)14-16-7-9-17(10-8-16)24-11-3-2-4-12-24/h5-10,13H,2-4,11-12,14-15H2,1H3. The van der Waals surface area contributed by atoms with Crippen molar-refractivity contribution in [2.45, 2.75) is 32.4 Å². The van der Waals surface area contributed by atoms with Crippen LogP contribution in [0.5, 0.6) is 0 Å². The van der Waals surface area contributed by atoms with Crippen LogP contribution in [0.15, 0.2) is 51.6 Å². The SMILES string of the molecule is CN(Cc1ccc(N2CCCCC2)cc1)Cc1nc(-c2ccco2)no1. The monoisotopic (exact) mass is 352 g/mol. The van der Waals surface area contributed by atoms with Crippen LogP contribution in [0.1, 0.15) is 30.7 Å². The van der Waals surface area contributed by atoms with Crippen molar-refractivity contribution in [3.63, 3.8) is 0 Å². The van der Waals surface area contributed by atoms with Gasteiger partial charge < -0.3 is 13.8 Å². The van der Waals surface area contributed by atoms with Crippen molar-refractivity contribution >= 4 is 5.69 Å². The van der Waals surface area contributed by atoms with Gasteiger partial charge in [-0.3, -0.25) is 4.90 Å². The van der Waals surface area contributed by atoms with Gasteiger partial charge in [0, 0.05) is 25.3 Å². The van der Waals surface area contributed by atoms with Gasteiger partial charge in [-0.1, -0.05) is 17.3 Å². The van der Waals surface area contributed by atoms with Crippen LogP contribution in [0.3, 0.4) is 0 Å². The molecule has 136 valence electrons. The summed E-state index contributed by atoms with van der Waals surface area (Å²) >= 11 is 0. The molecule has 3 heterocycles.